The summed E-state index contributed by atoms with van der Waals surface area (Å²) in [5.74, 6) is 6.48. The molecule has 4 nitrogen and oxygen atoms in total. The zero-order valence-electron chi connectivity index (χ0n) is 28.5. The quantitative estimate of drug-likeness (QED) is 0.159. The smallest absolute Gasteiger partial charge is 0.161 e. The second-order valence-corrected chi connectivity index (χ2v) is 13.8. The fourth-order valence-electron chi connectivity index (χ4n) is 5.86. The minimum atomic E-state index is -1.34. The van der Waals surface area contributed by atoms with Crippen LogP contribution in [0.4, 0.5) is 0 Å². The number of aliphatic hydroxyl groups is 2. The van der Waals surface area contributed by atoms with E-state index in [2.05, 4.69) is 32.6 Å². The average Bonchev–Trinajstić information content (AvgIpc) is 2.88. The molecule has 2 N–H and O–H groups in total. The summed E-state index contributed by atoms with van der Waals surface area (Å²) in [6, 6.07) is 0. The van der Waals surface area contributed by atoms with E-state index >= 15 is 0 Å². The Morgan fingerprint density at radius 1 is 0.932 bits per heavy atom. The van der Waals surface area contributed by atoms with Gasteiger partial charge in [-0.05, 0) is 77.2 Å². The number of carbonyl (C=O) groups is 2. The van der Waals surface area contributed by atoms with Crippen LogP contribution in [0.25, 0.3) is 0 Å². The number of hydrogen-bond donors (Lipinski definition) is 2. The number of aliphatic hydroxyl groups excluding tert-OH is 1. The second kappa shape index (κ2) is 15.5. The molecule has 0 aromatic carbocycles. The maximum atomic E-state index is 12.9. The molecule has 2 rings (SSSR count). The van der Waals surface area contributed by atoms with E-state index < -0.39 is 11.0 Å². The lowest BCUT2D eigenvalue weighted by atomic mass is 9.62. The molecule has 236 valence electrons. The van der Waals surface area contributed by atoms with Crippen molar-refractivity contribution in [3.05, 3.63) is 106 Å². The van der Waals surface area contributed by atoms with Gasteiger partial charge in [0, 0.05) is 29.2 Å². The van der Waals surface area contributed by atoms with E-state index in [-0.39, 0.29) is 35.9 Å². The molecule has 0 heterocycles. The van der Waals surface area contributed by atoms with Gasteiger partial charge >= 0.3 is 0 Å². The van der Waals surface area contributed by atoms with Crippen LogP contribution in [-0.4, -0.2) is 33.5 Å². The van der Waals surface area contributed by atoms with Gasteiger partial charge < -0.3 is 10.2 Å². The SMILES string of the molecule is CC(C#CC1=C(C)CC(O)CC1(C)C)=CC=CC(C)=C/C=C/C=C(C)/C=C/C=C(\C)C(=O)CC1(O)C(C)=CC(=O)CC1(C)C. The first kappa shape index (κ1) is 36.7. The predicted octanol–water partition coefficient (Wildman–Crippen LogP) is 8.58. The fourth-order valence-corrected chi connectivity index (χ4v) is 5.86. The monoisotopic (exact) mass is 596 g/mol. The Bertz CT molecular complexity index is 1460. The van der Waals surface area contributed by atoms with E-state index in [9.17, 15) is 19.8 Å². The molecular formula is C40H52O4. The van der Waals surface area contributed by atoms with Crippen molar-refractivity contribution in [2.75, 3.05) is 0 Å². The Balaban J connectivity index is 1.95. The first-order valence-electron chi connectivity index (χ1n) is 15.5. The second-order valence-electron chi connectivity index (χ2n) is 13.8. The van der Waals surface area contributed by atoms with E-state index in [1.165, 1.54) is 11.6 Å². The highest BCUT2D eigenvalue weighted by Crippen LogP contribution is 2.45. The van der Waals surface area contributed by atoms with Crippen molar-refractivity contribution < 1.29 is 19.8 Å². The third-order valence-corrected chi connectivity index (χ3v) is 8.64. The Kier molecular flexibility index (Phi) is 12.9. The molecule has 2 aliphatic rings. The van der Waals surface area contributed by atoms with E-state index in [1.54, 1.807) is 19.9 Å². The Labute approximate surface area is 266 Å². The highest BCUT2D eigenvalue weighted by molar-refractivity contribution is 5.97. The standard InChI is InChI=1S/C40H52O4/c1-28(17-13-18-30(3)21-22-36-32(5)23-34(41)25-38(36,7)8)15-11-12-16-29(2)19-14-20-31(4)37(43)27-40(44)33(6)24-35(42)26-39(40,9)10/h11-20,24,34,41,44H,23,25-27H2,1-10H3/b12-11+,17-13?,19-14+,28-15?,29-16+,30-18?,31-20+. The minimum Gasteiger partial charge on any atom is -0.393 e. The van der Waals surface area contributed by atoms with Crippen LogP contribution in [0.1, 0.15) is 94.9 Å². The zero-order chi connectivity index (χ0) is 33.3. The van der Waals surface area contributed by atoms with Crippen LogP contribution in [0, 0.1) is 22.7 Å². The lowest BCUT2D eigenvalue weighted by Gasteiger charge is -2.45. The normalized spacial score (nSPS) is 25.1. The van der Waals surface area contributed by atoms with Crippen LogP contribution in [0.5, 0.6) is 0 Å². The largest absolute Gasteiger partial charge is 0.393 e. The number of Topliss-reactive ketones (excluding diaryl/α,β-unsaturated/α-hetero) is 1. The van der Waals surface area contributed by atoms with E-state index in [0.29, 0.717) is 17.6 Å². The molecule has 2 atom stereocenters. The van der Waals surface area contributed by atoms with Crippen molar-refractivity contribution in [2.24, 2.45) is 10.8 Å². The van der Waals surface area contributed by atoms with Crippen molar-refractivity contribution >= 4 is 11.6 Å². The summed E-state index contributed by atoms with van der Waals surface area (Å²) in [6.07, 6.45) is 22.4. The van der Waals surface area contributed by atoms with Gasteiger partial charge in [-0.3, -0.25) is 9.59 Å². The molecule has 0 amide bonds. The maximum absolute atomic E-state index is 12.9. The molecule has 2 aliphatic carbocycles. The molecule has 0 aliphatic heterocycles. The number of hydrogen-bond acceptors (Lipinski definition) is 4. The van der Waals surface area contributed by atoms with Gasteiger partial charge in [0.05, 0.1) is 11.7 Å². The molecule has 0 aromatic rings. The van der Waals surface area contributed by atoms with Crippen LogP contribution < -0.4 is 0 Å². The van der Waals surface area contributed by atoms with Crippen LogP contribution in [0.2, 0.25) is 0 Å². The number of carbonyl (C=O) groups excluding carboxylic acids is 2. The van der Waals surface area contributed by atoms with Crippen molar-refractivity contribution in [1.29, 1.82) is 0 Å². The third kappa shape index (κ3) is 10.3. The third-order valence-electron chi connectivity index (χ3n) is 8.64. The van der Waals surface area contributed by atoms with Crippen molar-refractivity contribution in [3.8, 4) is 11.8 Å². The van der Waals surface area contributed by atoms with E-state index in [0.717, 1.165) is 28.7 Å². The molecule has 44 heavy (non-hydrogen) atoms. The van der Waals surface area contributed by atoms with Crippen molar-refractivity contribution in [2.45, 2.75) is 107 Å². The maximum Gasteiger partial charge on any atom is 0.161 e. The van der Waals surface area contributed by atoms with Crippen LogP contribution >= 0.6 is 0 Å². The van der Waals surface area contributed by atoms with Gasteiger partial charge in [-0.1, -0.05) is 117 Å². The molecule has 0 saturated heterocycles. The van der Waals surface area contributed by atoms with Gasteiger partial charge in [0.1, 0.15) is 0 Å². The molecule has 0 radical (unpaired) electrons. The highest BCUT2D eigenvalue weighted by atomic mass is 16.3. The van der Waals surface area contributed by atoms with Gasteiger partial charge in [0.2, 0.25) is 0 Å². The van der Waals surface area contributed by atoms with Crippen LogP contribution in [0.15, 0.2) is 106 Å². The lowest BCUT2D eigenvalue weighted by Crippen LogP contribution is -2.50. The molecule has 0 bridgehead atoms. The van der Waals surface area contributed by atoms with Gasteiger partial charge in [-0.15, -0.1) is 0 Å². The van der Waals surface area contributed by atoms with Crippen molar-refractivity contribution in [3.63, 3.8) is 0 Å². The minimum absolute atomic E-state index is 0.0161. The molecule has 0 spiro atoms. The van der Waals surface area contributed by atoms with E-state index in [1.807, 2.05) is 89.3 Å². The zero-order valence-corrected chi connectivity index (χ0v) is 28.5. The molecule has 2 unspecified atom stereocenters. The van der Waals surface area contributed by atoms with Crippen LogP contribution in [-0.2, 0) is 9.59 Å². The van der Waals surface area contributed by atoms with Gasteiger partial charge in [-0.2, -0.15) is 0 Å². The number of ketones is 2. The number of allylic oxidation sites excluding steroid dienone is 16. The Hall–Kier alpha value is -3.52. The molecule has 0 saturated carbocycles. The lowest BCUT2D eigenvalue weighted by molar-refractivity contribution is -0.132. The van der Waals surface area contributed by atoms with Gasteiger partial charge in [0.15, 0.2) is 11.6 Å². The summed E-state index contributed by atoms with van der Waals surface area (Å²) < 4.78 is 0. The molecular weight excluding hydrogens is 544 g/mol. The van der Waals surface area contributed by atoms with Gasteiger partial charge in [0.25, 0.3) is 0 Å². The summed E-state index contributed by atoms with van der Waals surface area (Å²) in [7, 11) is 0. The summed E-state index contributed by atoms with van der Waals surface area (Å²) in [5.41, 5.74) is 4.41. The highest BCUT2D eigenvalue weighted by Gasteiger charge is 2.49. The van der Waals surface area contributed by atoms with Crippen molar-refractivity contribution in [1.82, 2.24) is 0 Å². The Morgan fingerprint density at radius 3 is 2.05 bits per heavy atom. The van der Waals surface area contributed by atoms with Crippen LogP contribution in [0.3, 0.4) is 0 Å². The molecule has 0 fully saturated rings. The first-order valence-corrected chi connectivity index (χ1v) is 15.5. The summed E-state index contributed by atoms with van der Waals surface area (Å²) in [4.78, 5) is 24.9. The topological polar surface area (TPSA) is 74.6 Å². The predicted molar refractivity (Wildman–Crippen MR) is 184 cm³/mol. The number of rotatable bonds is 9. The summed E-state index contributed by atoms with van der Waals surface area (Å²) in [6.45, 7) is 19.5. The first-order chi connectivity index (χ1) is 20.4. The summed E-state index contributed by atoms with van der Waals surface area (Å²) in [5, 5.41) is 21.4. The van der Waals surface area contributed by atoms with Gasteiger partial charge in [-0.25, -0.2) is 0 Å². The molecule has 0 aromatic heterocycles. The fraction of sp³-hybridized carbons (Fsp3) is 0.450. The average molecular weight is 597 g/mol. The summed E-state index contributed by atoms with van der Waals surface area (Å²) >= 11 is 0. The van der Waals surface area contributed by atoms with E-state index in [4.69, 9.17) is 0 Å². The Morgan fingerprint density at radius 2 is 1.50 bits per heavy atom. The molecule has 4 heteroatoms.